The predicted molar refractivity (Wildman–Crippen MR) is 82.0 cm³/mol. The number of nitrogens with zero attached hydrogens (tertiary/aromatic N) is 1. The molecule has 1 aliphatic heterocycles. The molecule has 1 aromatic carbocycles. The second-order valence-electron chi connectivity index (χ2n) is 4.95. The molecule has 0 spiro atoms. The Morgan fingerprint density at radius 3 is 3.00 bits per heavy atom. The number of benzene rings is 1. The maximum atomic E-state index is 12.3. The van der Waals surface area contributed by atoms with Crippen molar-refractivity contribution in [2.45, 2.75) is 12.8 Å². The second-order valence-corrected chi connectivity index (χ2v) is 4.95. The Morgan fingerprint density at radius 1 is 1.33 bits per heavy atom. The minimum Gasteiger partial charge on any atom is -0.481 e. The summed E-state index contributed by atoms with van der Waals surface area (Å²) in [6, 6.07) is 9.24. The summed E-state index contributed by atoms with van der Waals surface area (Å²) in [6.45, 7) is 0.996. The molecule has 0 aliphatic carbocycles. The molecule has 2 heterocycles. The number of hydrogen-bond acceptors (Lipinski definition) is 4. The lowest BCUT2D eigenvalue weighted by Crippen LogP contribution is -2.15. The Kier molecular flexibility index (Phi) is 3.73. The largest absolute Gasteiger partial charge is 0.481 e. The Morgan fingerprint density at radius 2 is 2.24 bits per heavy atom. The van der Waals surface area contributed by atoms with Gasteiger partial charge in [0.05, 0.1) is 19.0 Å². The van der Waals surface area contributed by atoms with E-state index >= 15 is 0 Å². The standard InChI is InChI=1S/C16H17N3O2/c1-21-15-7-5-13(10-18-15)19-16(20)12-4-6-14-11(9-12)3-2-8-17-14/h4-7,9-10,17H,2-3,8H2,1H3,(H,19,20). The number of amides is 1. The number of methoxy groups -OCH3 is 1. The van der Waals surface area contributed by atoms with Crippen LogP contribution in [-0.4, -0.2) is 24.5 Å². The molecule has 1 aromatic heterocycles. The van der Waals surface area contributed by atoms with Crippen molar-refractivity contribution in [2.75, 3.05) is 24.3 Å². The van der Waals surface area contributed by atoms with E-state index in [-0.39, 0.29) is 5.91 Å². The third kappa shape index (κ3) is 2.97. The van der Waals surface area contributed by atoms with Crippen LogP contribution in [-0.2, 0) is 6.42 Å². The average Bonchev–Trinajstić information content (AvgIpc) is 2.55. The molecule has 1 aliphatic rings. The lowest BCUT2D eigenvalue weighted by molar-refractivity contribution is 0.102. The zero-order chi connectivity index (χ0) is 14.7. The number of aryl methyl sites for hydroxylation is 1. The van der Waals surface area contributed by atoms with E-state index in [1.807, 2.05) is 18.2 Å². The van der Waals surface area contributed by atoms with Crippen molar-refractivity contribution >= 4 is 17.3 Å². The lowest BCUT2D eigenvalue weighted by Gasteiger charge is -2.18. The van der Waals surface area contributed by atoms with E-state index in [4.69, 9.17) is 4.74 Å². The minimum absolute atomic E-state index is 0.129. The number of ether oxygens (including phenoxy) is 1. The number of fused-ring (bicyclic) bond motifs is 1. The van der Waals surface area contributed by atoms with Crippen molar-refractivity contribution in [1.29, 1.82) is 0 Å². The maximum absolute atomic E-state index is 12.3. The van der Waals surface area contributed by atoms with Gasteiger partial charge < -0.3 is 15.4 Å². The summed E-state index contributed by atoms with van der Waals surface area (Å²) in [5, 5.41) is 6.17. The summed E-state index contributed by atoms with van der Waals surface area (Å²) in [4.78, 5) is 16.3. The smallest absolute Gasteiger partial charge is 0.255 e. The molecule has 0 radical (unpaired) electrons. The summed E-state index contributed by atoms with van der Waals surface area (Å²) in [7, 11) is 1.56. The molecule has 0 bridgehead atoms. The van der Waals surface area contributed by atoms with Crippen LogP contribution in [0.5, 0.6) is 5.88 Å². The second kappa shape index (κ2) is 5.83. The highest BCUT2D eigenvalue weighted by atomic mass is 16.5. The number of pyridine rings is 1. The van der Waals surface area contributed by atoms with Crippen LogP contribution in [0, 0.1) is 0 Å². The topological polar surface area (TPSA) is 63.2 Å². The van der Waals surface area contributed by atoms with E-state index in [1.165, 1.54) is 5.56 Å². The Balaban J connectivity index is 1.75. The van der Waals surface area contributed by atoms with Crippen LogP contribution in [0.4, 0.5) is 11.4 Å². The molecule has 5 nitrogen and oxygen atoms in total. The number of carbonyl (C=O) groups is 1. The van der Waals surface area contributed by atoms with Crippen LogP contribution < -0.4 is 15.4 Å². The molecular formula is C16H17N3O2. The van der Waals surface area contributed by atoms with Gasteiger partial charge in [-0.1, -0.05) is 0 Å². The van der Waals surface area contributed by atoms with Crippen LogP contribution in [0.15, 0.2) is 36.5 Å². The van der Waals surface area contributed by atoms with Gasteiger partial charge in [0.2, 0.25) is 5.88 Å². The van der Waals surface area contributed by atoms with Crippen molar-refractivity contribution in [3.05, 3.63) is 47.7 Å². The molecular weight excluding hydrogens is 266 g/mol. The van der Waals surface area contributed by atoms with Crippen molar-refractivity contribution < 1.29 is 9.53 Å². The molecule has 21 heavy (non-hydrogen) atoms. The predicted octanol–water partition coefficient (Wildman–Crippen LogP) is 2.70. The molecule has 0 fully saturated rings. The zero-order valence-electron chi connectivity index (χ0n) is 11.8. The van der Waals surface area contributed by atoms with Crippen LogP contribution >= 0.6 is 0 Å². The number of anilines is 2. The quantitative estimate of drug-likeness (QED) is 0.909. The van der Waals surface area contributed by atoms with E-state index in [0.717, 1.165) is 25.1 Å². The molecule has 5 heteroatoms. The first-order chi connectivity index (χ1) is 10.3. The molecule has 0 saturated heterocycles. The van der Waals surface area contributed by atoms with Crippen LogP contribution in [0.1, 0.15) is 22.3 Å². The van der Waals surface area contributed by atoms with Crippen molar-refractivity contribution in [3.63, 3.8) is 0 Å². The van der Waals surface area contributed by atoms with Gasteiger partial charge >= 0.3 is 0 Å². The third-order valence-electron chi connectivity index (χ3n) is 3.51. The number of aromatic nitrogens is 1. The third-order valence-corrected chi connectivity index (χ3v) is 3.51. The molecule has 0 saturated carbocycles. The Bertz CT molecular complexity index is 653. The number of rotatable bonds is 3. The number of nitrogens with one attached hydrogen (secondary N) is 2. The van der Waals surface area contributed by atoms with Gasteiger partial charge in [-0.3, -0.25) is 4.79 Å². The zero-order valence-corrected chi connectivity index (χ0v) is 11.8. The first-order valence-corrected chi connectivity index (χ1v) is 6.94. The van der Waals surface area contributed by atoms with Crippen molar-refractivity contribution in [1.82, 2.24) is 4.98 Å². The van der Waals surface area contributed by atoms with Crippen LogP contribution in [0.3, 0.4) is 0 Å². The fourth-order valence-electron chi connectivity index (χ4n) is 2.39. The van der Waals surface area contributed by atoms with Crippen molar-refractivity contribution in [2.24, 2.45) is 0 Å². The summed E-state index contributed by atoms with van der Waals surface area (Å²) >= 11 is 0. The summed E-state index contributed by atoms with van der Waals surface area (Å²) in [5.74, 6) is 0.392. The van der Waals surface area contributed by atoms with Gasteiger partial charge in [0.1, 0.15) is 0 Å². The van der Waals surface area contributed by atoms with Crippen LogP contribution in [0.25, 0.3) is 0 Å². The van der Waals surface area contributed by atoms with Crippen molar-refractivity contribution in [3.8, 4) is 5.88 Å². The van der Waals surface area contributed by atoms with E-state index in [1.54, 1.807) is 25.4 Å². The Hall–Kier alpha value is -2.56. The number of hydrogen-bond donors (Lipinski definition) is 2. The summed E-state index contributed by atoms with van der Waals surface area (Å²) in [6.07, 6.45) is 3.69. The van der Waals surface area contributed by atoms with E-state index < -0.39 is 0 Å². The number of carbonyl (C=O) groups excluding carboxylic acids is 1. The molecule has 1 amide bonds. The van der Waals surface area contributed by atoms with Crippen LogP contribution in [0.2, 0.25) is 0 Å². The highest BCUT2D eigenvalue weighted by Gasteiger charge is 2.12. The highest BCUT2D eigenvalue weighted by Crippen LogP contribution is 2.23. The van der Waals surface area contributed by atoms with E-state index in [9.17, 15) is 4.79 Å². The summed E-state index contributed by atoms with van der Waals surface area (Å²) in [5.41, 5.74) is 3.63. The fraction of sp³-hybridized carbons (Fsp3) is 0.250. The average molecular weight is 283 g/mol. The molecule has 108 valence electrons. The lowest BCUT2D eigenvalue weighted by atomic mass is 10.0. The fourth-order valence-corrected chi connectivity index (χ4v) is 2.39. The summed E-state index contributed by atoms with van der Waals surface area (Å²) < 4.78 is 4.99. The highest BCUT2D eigenvalue weighted by molar-refractivity contribution is 6.04. The van der Waals surface area contributed by atoms with E-state index in [0.29, 0.717) is 17.1 Å². The van der Waals surface area contributed by atoms with Gasteiger partial charge in [0, 0.05) is 23.9 Å². The van der Waals surface area contributed by atoms with Gasteiger partial charge in [0.25, 0.3) is 5.91 Å². The molecule has 2 N–H and O–H groups in total. The SMILES string of the molecule is COc1ccc(NC(=O)c2ccc3c(c2)CCCN3)cn1. The first-order valence-electron chi connectivity index (χ1n) is 6.94. The molecule has 2 aromatic rings. The van der Waals surface area contributed by atoms with Gasteiger partial charge in [0.15, 0.2) is 0 Å². The first kappa shape index (κ1) is 13.4. The normalized spacial score (nSPS) is 13.0. The minimum atomic E-state index is -0.129. The molecule has 0 atom stereocenters. The van der Waals surface area contributed by atoms with E-state index in [2.05, 4.69) is 15.6 Å². The maximum Gasteiger partial charge on any atom is 0.255 e. The van der Waals surface area contributed by atoms with Gasteiger partial charge in [-0.05, 0) is 42.7 Å². The molecule has 3 rings (SSSR count). The van der Waals surface area contributed by atoms with Gasteiger partial charge in [-0.15, -0.1) is 0 Å². The monoisotopic (exact) mass is 283 g/mol. The Labute approximate surface area is 123 Å². The van der Waals surface area contributed by atoms with Gasteiger partial charge in [-0.2, -0.15) is 0 Å². The molecule has 0 unspecified atom stereocenters. The van der Waals surface area contributed by atoms with Gasteiger partial charge in [-0.25, -0.2) is 4.98 Å².